The number of aliphatic carboxylic acids is 1. The zero-order valence-corrected chi connectivity index (χ0v) is 37.8. The molecule has 4 heterocycles. The zero-order valence-electron chi connectivity index (χ0n) is 37.8. The molecule has 336 valence electrons. The highest BCUT2D eigenvalue weighted by Crippen LogP contribution is 2.41. The lowest BCUT2D eigenvalue weighted by Gasteiger charge is -2.35. The monoisotopic (exact) mass is 860 g/mol. The molecule has 2 aliphatic rings. The molecule has 1 amide bonds. The molecule has 0 unspecified atom stereocenters. The molecule has 0 radical (unpaired) electrons. The first-order valence-corrected chi connectivity index (χ1v) is 22.3. The van der Waals surface area contributed by atoms with Gasteiger partial charge in [-0.15, -0.1) is 0 Å². The maximum absolute atomic E-state index is 13.4. The SMILES string of the molecule is CC(C)(C)n1nccc1Nc1cccc(CC2(C(=O)NCC(=O)OCc3ccccc3)CCCCC2)n1.CC(C)(C)n1nccc1Nc1cccc(CC2(C(=O)O)CCCCC2)n1. The lowest BCUT2D eigenvalue weighted by molar-refractivity contribution is -0.151. The maximum Gasteiger partial charge on any atom is 0.325 e. The van der Waals surface area contributed by atoms with Crippen LogP contribution in [0.2, 0.25) is 0 Å². The standard InChI is InChI=1S/C29H37N5O3.C20H28N4O2/c1-28(2,3)34-25(15-18-31-34)33-24-14-10-13-23(32-24)19-29(16-8-5-9-17-29)27(36)30-20-26(35)37-21-22-11-6-4-7-12-22;1-19(2,3)24-17(10-13-21-24)23-16-9-7-8-15(22-16)14-20(18(25)26)11-5-4-6-12-20/h4,6-7,10-15,18H,5,8-9,16-17,19-21H2,1-3H3,(H,30,36)(H,32,33);7-10,13H,4-6,11-12,14H2,1-3H3,(H,22,23)(H,25,26). The number of nitrogens with one attached hydrogen (secondary N) is 3. The summed E-state index contributed by atoms with van der Waals surface area (Å²) < 4.78 is 9.18. The van der Waals surface area contributed by atoms with Crippen molar-refractivity contribution in [2.24, 2.45) is 10.8 Å². The molecule has 2 saturated carbocycles. The number of anilines is 4. The van der Waals surface area contributed by atoms with Crippen molar-refractivity contribution in [3.63, 3.8) is 0 Å². The van der Waals surface area contributed by atoms with Crippen LogP contribution in [0.25, 0.3) is 0 Å². The van der Waals surface area contributed by atoms with Crippen molar-refractivity contribution in [3.05, 3.63) is 108 Å². The molecule has 14 heteroatoms. The van der Waals surface area contributed by atoms with E-state index in [0.29, 0.717) is 24.5 Å². The average Bonchev–Trinajstić information content (AvgIpc) is 3.94. The quantitative estimate of drug-likeness (QED) is 0.0782. The molecule has 4 N–H and O–H groups in total. The van der Waals surface area contributed by atoms with Crippen molar-refractivity contribution >= 4 is 41.1 Å². The second kappa shape index (κ2) is 20.4. The lowest BCUT2D eigenvalue weighted by Crippen LogP contribution is -2.45. The second-order valence-corrected chi connectivity index (χ2v) is 19.0. The van der Waals surface area contributed by atoms with Gasteiger partial charge in [0.2, 0.25) is 5.91 Å². The lowest BCUT2D eigenvalue weighted by atomic mass is 9.70. The normalized spacial score (nSPS) is 15.9. The Kier molecular flexibility index (Phi) is 15.1. The number of carboxylic acids is 1. The Morgan fingerprint density at radius 2 is 1.11 bits per heavy atom. The number of carbonyl (C=O) groups is 3. The van der Waals surface area contributed by atoms with E-state index in [9.17, 15) is 19.5 Å². The van der Waals surface area contributed by atoms with E-state index in [-0.39, 0.29) is 30.1 Å². The van der Waals surface area contributed by atoms with Gasteiger partial charge in [-0.2, -0.15) is 10.2 Å². The first kappa shape index (κ1) is 46.5. The van der Waals surface area contributed by atoms with Crippen LogP contribution in [0.1, 0.15) is 123 Å². The summed E-state index contributed by atoms with van der Waals surface area (Å²) >= 11 is 0. The minimum Gasteiger partial charge on any atom is -0.481 e. The van der Waals surface area contributed by atoms with Crippen LogP contribution in [0, 0.1) is 10.8 Å². The number of amides is 1. The van der Waals surface area contributed by atoms with Gasteiger partial charge in [0.05, 0.1) is 34.3 Å². The number of hydrogen-bond donors (Lipinski definition) is 4. The second-order valence-electron chi connectivity index (χ2n) is 19.0. The van der Waals surface area contributed by atoms with Gasteiger partial charge in [-0.3, -0.25) is 14.4 Å². The Morgan fingerprint density at radius 3 is 1.59 bits per heavy atom. The fraction of sp³-hybridized carbons (Fsp3) is 0.490. The van der Waals surface area contributed by atoms with Crippen molar-refractivity contribution in [2.45, 2.75) is 136 Å². The molecule has 0 atom stereocenters. The summed E-state index contributed by atoms with van der Waals surface area (Å²) in [6, 6.07) is 24.9. The fourth-order valence-corrected chi connectivity index (χ4v) is 8.65. The van der Waals surface area contributed by atoms with E-state index in [2.05, 4.69) is 72.7 Å². The van der Waals surface area contributed by atoms with Crippen LogP contribution in [0.15, 0.2) is 91.3 Å². The molecule has 0 saturated heterocycles. The number of carboxylic acid groups (broad SMARTS) is 1. The van der Waals surface area contributed by atoms with Gasteiger partial charge in [0.15, 0.2) is 0 Å². The van der Waals surface area contributed by atoms with Crippen molar-refractivity contribution in [1.82, 2.24) is 34.8 Å². The third-order valence-corrected chi connectivity index (χ3v) is 11.9. The minimum atomic E-state index is -0.692. The molecule has 0 bridgehead atoms. The molecule has 63 heavy (non-hydrogen) atoms. The molecular weight excluding hydrogens is 795 g/mol. The summed E-state index contributed by atoms with van der Waals surface area (Å²) in [5.41, 5.74) is 1.01. The summed E-state index contributed by atoms with van der Waals surface area (Å²) in [6.07, 6.45) is 13.7. The van der Waals surface area contributed by atoms with Crippen LogP contribution >= 0.6 is 0 Å². The van der Waals surface area contributed by atoms with Crippen molar-refractivity contribution in [1.29, 1.82) is 0 Å². The van der Waals surface area contributed by atoms with E-state index < -0.39 is 22.8 Å². The van der Waals surface area contributed by atoms with Crippen molar-refractivity contribution in [2.75, 3.05) is 17.2 Å². The molecule has 0 aliphatic heterocycles. The topological polar surface area (TPSA) is 178 Å². The smallest absolute Gasteiger partial charge is 0.325 e. The first-order chi connectivity index (χ1) is 30.1. The molecule has 2 fully saturated rings. The predicted molar refractivity (Wildman–Crippen MR) is 245 cm³/mol. The van der Waals surface area contributed by atoms with Crippen LogP contribution in [0.5, 0.6) is 0 Å². The molecule has 4 aromatic heterocycles. The van der Waals surface area contributed by atoms with Crippen LogP contribution in [-0.4, -0.2) is 59.0 Å². The summed E-state index contributed by atoms with van der Waals surface area (Å²) in [6.45, 7) is 12.6. The molecule has 5 aromatic rings. The summed E-state index contributed by atoms with van der Waals surface area (Å²) in [5, 5.41) is 28.2. The van der Waals surface area contributed by atoms with Crippen molar-refractivity contribution < 1.29 is 24.2 Å². The van der Waals surface area contributed by atoms with Gasteiger partial charge in [-0.25, -0.2) is 19.3 Å². The van der Waals surface area contributed by atoms with Gasteiger partial charge < -0.3 is 25.8 Å². The number of ether oxygens (including phenoxy) is 1. The Hall–Kier alpha value is -6.05. The summed E-state index contributed by atoms with van der Waals surface area (Å²) in [7, 11) is 0. The molecule has 2 aliphatic carbocycles. The number of nitrogens with zero attached hydrogens (tertiary/aromatic N) is 6. The molecule has 14 nitrogen and oxygen atoms in total. The third kappa shape index (κ3) is 12.5. The average molecular weight is 860 g/mol. The number of aromatic nitrogens is 6. The van der Waals surface area contributed by atoms with Gasteiger partial charge in [-0.1, -0.05) is 81.0 Å². The highest BCUT2D eigenvalue weighted by Gasteiger charge is 2.41. The Morgan fingerprint density at radius 1 is 0.635 bits per heavy atom. The van der Waals surface area contributed by atoms with Crippen LogP contribution in [-0.2, 0) is 49.6 Å². The van der Waals surface area contributed by atoms with Crippen LogP contribution in [0.3, 0.4) is 0 Å². The fourth-order valence-electron chi connectivity index (χ4n) is 8.65. The van der Waals surface area contributed by atoms with Gasteiger partial charge in [0, 0.05) is 36.4 Å². The van der Waals surface area contributed by atoms with E-state index in [0.717, 1.165) is 92.8 Å². The summed E-state index contributed by atoms with van der Waals surface area (Å²) in [4.78, 5) is 47.1. The van der Waals surface area contributed by atoms with E-state index in [1.165, 1.54) is 0 Å². The number of carbonyl (C=O) groups excluding carboxylic acids is 2. The van der Waals surface area contributed by atoms with E-state index in [4.69, 9.17) is 9.72 Å². The molecule has 0 spiro atoms. The molecule has 1 aromatic carbocycles. The van der Waals surface area contributed by atoms with Gasteiger partial charge >= 0.3 is 11.9 Å². The number of esters is 1. The minimum absolute atomic E-state index is 0.102. The number of rotatable bonds is 14. The zero-order chi connectivity index (χ0) is 45.1. The Bertz CT molecular complexity index is 2280. The number of hydrogen-bond acceptors (Lipinski definition) is 10. The highest BCUT2D eigenvalue weighted by atomic mass is 16.5. The molecular formula is C49H65N9O5. The largest absolute Gasteiger partial charge is 0.481 e. The highest BCUT2D eigenvalue weighted by molar-refractivity contribution is 5.86. The van der Waals surface area contributed by atoms with Crippen LogP contribution in [0.4, 0.5) is 23.3 Å². The van der Waals surface area contributed by atoms with E-state index >= 15 is 0 Å². The van der Waals surface area contributed by atoms with Gasteiger partial charge in [0.1, 0.15) is 36.4 Å². The van der Waals surface area contributed by atoms with Crippen molar-refractivity contribution in [3.8, 4) is 0 Å². The Labute approximate surface area is 371 Å². The number of benzene rings is 1. The van der Waals surface area contributed by atoms with Gasteiger partial charge in [0.25, 0.3) is 0 Å². The predicted octanol–water partition coefficient (Wildman–Crippen LogP) is 9.48. The Balaban J connectivity index is 0.000000223. The maximum atomic E-state index is 13.4. The number of pyridine rings is 2. The van der Waals surface area contributed by atoms with E-state index in [1.807, 2.05) is 88.2 Å². The van der Waals surface area contributed by atoms with Crippen LogP contribution < -0.4 is 16.0 Å². The third-order valence-electron chi connectivity index (χ3n) is 11.9. The van der Waals surface area contributed by atoms with E-state index in [1.54, 1.807) is 12.4 Å². The molecule has 7 rings (SSSR count). The summed E-state index contributed by atoms with van der Waals surface area (Å²) in [5.74, 6) is 1.91. The first-order valence-electron chi connectivity index (χ1n) is 22.3. The van der Waals surface area contributed by atoms with Gasteiger partial charge in [-0.05, 0) is 97.1 Å².